The zero-order chi connectivity index (χ0) is 12.3. The second kappa shape index (κ2) is 4.60. The van der Waals surface area contributed by atoms with Crippen LogP contribution in [0, 0.1) is 12.3 Å². The molecule has 0 saturated carbocycles. The summed E-state index contributed by atoms with van der Waals surface area (Å²) in [5.41, 5.74) is -0.158. The number of hydrogen-bond donors (Lipinski definition) is 1. The van der Waals surface area contributed by atoms with Gasteiger partial charge in [0, 0.05) is 25.0 Å². The van der Waals surface area contributed by atoms with E-state index in [0.717, 1.165) is 0 Å². The molecule has 2 rings (SSSR count). The minimum absolute atomic E-state index is 0.353. The van der Waals surface area contributed by atoms with E-state index in [1.54, 1.807) is 17.1 Å². The highest BCUT2D eigenvalue weighted by Gasteiger charge is 2.42. The van der Waals surface area contributed by atoms with E-state index in [4.69, 9.17) is 11.2 Å². The van der Waals surface area contributed by atoms with E-state index >= 15 is 0 Å². The first-order valence-corrected chi connectivity index (χ1v) is 5.46. The second-order valence-corrected chi connectivity index (χ2v) is 4.13. The first-order valence-electron chi connectivity index (χ1n) is 5.46. The lowest BCUT2D eigenvalue weighted by Gasteiger charge is -2.32. The molecule has 5 heteroatoms. The number of carboxylic acid groups (broad SMARTS) is 1. The number of carbonyl (C=O) groups is 1. The summed E-state index contributed by atoms with van der Waals surface area (Å²) in [7, 11) is 0. The number of aliphatic carboxylic acids is 1. The van der Waals surface area contributed by atoms with Gasteiger partial charge in [-0.3, -0.25) is 9.48 Å². The van der Waals surface area contributed by atoms with E-state index in [1.807, 2.05) is 0 Å². The van der Waals surface area contributed by atoms with Crippen LogP contribution in [-0.2, 0) is 21.5 Å². The standard InChI is InChI=1S/C12H14N2O3/c1-2-5-14-9-10(8-13-14)12(11(15)16)3-6-17-7-4-12/h1,8-9H,3-7H2,(H,15,16). The third-order valence-electron chi connectivity index (χ3n) is 3.19. The van der Waals surface area contributed by atoms with Gasteiger partial charge in [-0.15, -0.1) is 6.42 Å². The van der Waals surface area contributed by atoms with E-state index < -0.39 is 11.4 Å². The van der Waals surface area contributed by atoms with E-state index in [0.29, 0.717) is 38.2 Å². The van der Waals surface area contributed by atoms with Crippen molar-refractivity contribution in [1.29, 1.82) is 0 Å². The smallest absolute Gasteiger partial charge is 0.314 e. The molecule has 1 aliphatic rings. The molecule has 0 atom stereocenters. The van der Waals surface area contributed by atoms with Gasteiger partial charge >= 0.3 is 5.97 Å². The van der Waals surface area contributed by atoms with Crippen LogP contribution in [0.15, 0.2) is 12.4 Å². The second-order valence-electron chi connectivity index (χ2n) is 4.13. The SMILES string of the molecule is C#CCn1cc(C2(C(=O)O)CCOCC2)cn1. The molecule has 0 radical (unpaired) electrons. The molecule has 0 spiro atoms. The van der Waals surface area contributed by atoms with Gasteiger partial charge in [-0.2, -0.15) is 5.10 Å². The van der Waals surface area contributed by atoms with E-state index in [2.05, 4.69) is 11.0 Å². The summed E-state index contributed by atoms with van der Waals surface area (Å²) < 4.78 is 6.81. The summed E-state index contributed by atoms with van der Waals surface area (Å²) >= 11 is 0. The third kappa shape index (κ3) is 2.04. The molecule has 1 aromatic heterocycles. The third-order valence-corrected chi connectivity index (χ3v) is 3.19. The minimum atomic E-state index is -0.870. The Morgan fingerprint density at radius 3 is 2.94 bits per heavy atom. The number of terminal acetylenes is 1. The van der Waals surface area contributed by atoms with Crippen LogP contribution in [0.3, 0.4) is 0 Å². The molecule has 1 N–H and O–H groups in total. The maximum atomic E-state index is 11.5. The van der Waals surface area contributed by atoms with Crippen LogP contribution in [0.25, 0.3) is 0 Å². The average molecular weight is 234 g/mol. The van der Waals surface area contributed by atoms with Gasteiger partial charge in [-0.1, -0.05) is 5.92 Å². The summed E-state index contributed by atoms with van der Waals surface area (Å²) in [6.07, 6.45) is 9.46. The fraction of sp³-hybridized carbons (Fsp3) is 0.500. The topological polar surface area (TPSA) is 64.4 Å². The highest BCUT2D eigenvalue weighted by Crippen LogP contribution is 2.34. The van der Waals surface area contributed by atoms with Crippen molar-refractivity contribution in [2.24, 2.45) is 0 Å². The maximum Gasteiger partial charge on any atom is 0.314 e. The molecule has 1 fully saturated rings. The normalized spacial score (nSPS) is 18.5. The van der Waals surface area contributed by atoms with Crippen LogP contribution in [-0.4, -0.2) is 34.1 Å². The Kier molecular flexibility index (Phi) is 3.16. The Morgan fingerprint density at radius 1 is 1.65 bits per heavy atom. The first kappa shape index (κ1) is 11.7. The van der Waals surface area contributed by atoms with E-state index in [-0.39, 0.29) is 0 Å². The zero-order valence-electron chi connectivity index (χ0n) is 9.43. The Balaban J connectivity index is 2.32. The molecular formula is C12H14N2O3. The van der Waals surface area contributed by atoms with Crippen LogP contribution in [0.1, 0.15) is 18.4 Å². The maximum absolute atomic E-state index is 11.5. The molecule has 0 unspecified atom stereocenters. The quantitative estimate of drug-likeness (QED) is 0.780. The van der Waals surface area contributed by atoms with Crippen molar-refractivity contribution in [3.63, 3.8) is 0 Å². The molecule has 1 saturated heterocycles. The van der Waals surface area contributed by atoms with Crippen molar-refractivity contribution in [2.75, 3.05) is 13.2 Å². The molecule has 2 heterocycles. The first-order chi connectivity index (χ1) is 8.19. The molecule has 17 heavy (non-hydrogen) atoms. The van der Waals surface area contributed by atoms with Crippen LogP contribution in [0.2, 0.25) is 0 Å². The number of hydrogen-bond acceptors (Lipinski definition) is 3. The lowest BCUT2D eigenvalue weighted by molar-refractivity contribution is -0.147. The van der Waals surface area contributed by atoms with Gasteiger partial charge in [0.05, 0.1) is 6.20 Å². The van der Waals surface area contributed by atoms with Crippen LogP contribution < -0.4 is 0 Å². The van der Waals surface area contributed by atoms with E-state index in [1.165, 1.54) is 0 Å². The monoisotopic (exact) mass is 234 g/mol. The summed E-state index contributed by atoms with van der Waals surface area (Å²) in [5.74, 6) is 1.65. The predicted molar refractivity (Wildman–Crippen MR) is 60.4 cm³/mol. The van der Waals surface area contributed by atoms with Gasteiger partial charge in [0.2, 0.25) is 0 Å². The van der Waals surface area contributed by atoms with Crippen molar-refractivity contribution in [3.05, 3.63) is 18.0 Å². The Morgan fingerprint density at radius 2 is 2.35 bits per heavy atom. The number of carboxylic acids is 1. The molecule has 0 amide bonds. The van der Waals surface area contributed by atoms with E-state index in [9.17, 15) is 9.90 Å². The van der Waals surface area contributed by atoms with Crippen LogP contribution in [0.4, 0.5) is 0 Å². The Bertz CT molecular complexity index is 453. The number of aromatic nitrogens is 2. The van der Waals surface area contributed by atoms with Crippen molar-refractivity contribution >= 4 is 5.97 Å². The fourth-order valence-corrected chi connectivity index (χ4v) is 2.14. The van der Waals surface area contributed by atoms with Gasteiger partial charge < -0.3 is 9.84 Å². The molecule has 5 nitrogen and oxygen atoms in total. The minimum Gasteiger partial charge on any atom is -0.481 e. The molecule has 0 aliphatic carbocycles. The summed E-state index contributed by atoms with van der Waals surface area (Å²) in [5, 5.41) is 13.5. The molecule has 0 bridgehead atoms. The lowest BCUT2D eigenvalue weighted by atomic mass is 9.75. The number of ether oxygens (including phenoxy) is 1. The van der Waals surface area contributed by atoms with Gasteiger partial charge in [0.15, 0.2) is 0 Å². The predicted octanol–water partition coefficient (Wildman–Crippen LogP) is 0.649. The molecule has 90 valence electrons. The summed E-state index contributed by atoms with van der Waals surface area (Å²) in [4.78, 5) is 11.5. The number of nitrogens with zero attached hydrogens (tertiary/aromatic N) is 2. The Labute approximate surface area is 99.4 Å². The summed E-state index contributed by atoms with van der Waals surface area (Å²) in [6, 6.07) is 0. The van der Waals surface area contributed by atoms with Gasteiger partial charge in [0.25, 0.3) is 0 Å². The summed E-state index contributed by atoms with van der Waals surface area (Å²) in [6.45, 7) is 1.28. The molecular weight excluding hydrogens is 220 g/mol. The van der Waals surface area contributed by atoms with Gasteiger partial charge in [-0.25, -0.2) is 0 Å². The van der Waals surface area contributed by atoms with Crippen molar-refractivity contribution in [2.45, 2.75) is 24.8 Å². The highest BCUT2D eigenvalue weighted by atomic mass is 16.5. The number of rotatable bonds is 3. The van der Waals surface area contributed by atoms with Crippen LogP contribution >= 0.6 is 0 Å². The van der Waals surface area contributed by atoms with Crippen molar-refractivity contribution < 1.29 is 14.6 Å². The van der Waals surface area contributed by atoms with Crippen LogP contribution in [0.5, 0.6) is 0 Å². The highest BCUT2D eigenvalue weighted by molar-refractivity contribution is 5.81. The molecule has 0 aromatic carbocycles. The van der Waals surface area contributed by atoms with Crippen molar-refractivity contribution in [3.8, 4) is 12.3 Å². The van der Waals surface area contributed by atoms with Gasteiger partial charge in [-0.05, 0) is 12.8 Å². The van der Waals surface area contributed by atoms with Gasteiger partial charge in [0.1, 0.15) is 12.0 Å². The zero-order valence-corrected chi connectivity index (χ0v) is 9.43. The Hall–Kier alpha value is -1.80. The fourth-order valence-electron chi connectivity index (χ4n) is 2.14. The van der Waals surface area contributed by atoms with Crippen molar-refractivity contribution in [1.82, 2.24) is 9.78 Å². The lowest BCUT2D eigenvalue weighted by Crippen LogP contribution is -2.41. The molecule has 1 aromatic rings. The average Bonchev–Trinajstić information content (AvgIpc) is 2.79. The molecule has 1 aliphatic heterocycles. The largest absolute Gasteiger partial charge is 0.481 e.